The molecule has 2 aromatic rings. The molecule has 0 radical (unpaired) electrons. The number of morpholine rings is 1. The summed E-state index contributed by atoms with van der Waals surface area (Å²) in [7, 11) is -3.69. The van der Waals surface area contributed by atoms with Gasteiger partial charge in [0.25, 0.3) is 0 Å². The number of nitrogens with zero attached hydrogens (tertiary/aromatic N) is 1. The maximum atomic E-state index is 12.9. The van der Waals surface area contributed by atoms with Crippen LogP contribution in [-0.2, 0) is 26.1 Å². The fraction of sp³-hybridized carbons (Fsp3) is 0.391. The van der Waals surface area contributed by atoms with Crippen LogP contribution in [0.25, 0.3) is 0 Å². The summed E-state index contributed by atoms with van der Waals surface area (Å²) in [5.74, 6) is -0.617. The van der Waals surface area contributed by atoms with E-state index in [-0.39, 0.29) is 23.9 Å². The molecule has 1 fully saturated rings. The van der Waals surface area contributed by atoms with E-state index >= 15 is 0 Å². The second-order valence-electron chi connectivity index (χ2n) is 8.07. The number of amides is 3. The molecule has 33 heavy (non-hydrogen) atoms. The van der Waals surface area contributed by atoms with Crippen LogP contribution in [0.1, 0.15) is 19.4 Å². The normalized spacial score (nSPS) is 15.6. The van der Waals surface area contributed by atoms with Crippen LogP contribution in [0.15, 0.2) is 59.5 Å². The van der Waals surface area contributed by atoms with Gasteiger partial charge in [-0.25, -0.2) is 13.2 Å². The largest absolute Gasteiger partial charge is 0.379 e. The molecule has 3 amide bonds. The molecule has 0 aromatic heterocycles. The van der Waals surface area contributed by atoms with E-state index in [1.807, 2.05) is 44.2 Å². The first-order valence-corrected chi connectivity index (χ1v) is 12.3. The van der Waals surface area contributed by atoms with Crippen molar-refractivity contribution in [3.63, 3.8) is 0 Å². The van der Waals surface area contributed by atoms with Crippen molar-refractivity contribution in [2.45, 2.75) is 31.3 Å². The fourth-order valence-electron chi connectivity index (χ4n) is 3.40. The molecule has 1 aliphatic heterocycles. The number of rotatable bonds is 8. The Kier molecular flexibility index (Phi) is 8.43. The van der Waals surface area contributed by atoms with Crippen molar-refractivity contribution in [3.05, 3.63) is 60.2 Å². The van der Waals surface area contributed by atoms with Crippen LogP contribution in [0.2, 0.25) is 0 Å². The van der Waals surface area contributed by atoms with Crippen molar-refractivity contribution in [1.29, 1.82) is 0 Å². The second kappa shape index (κ2) is 11.3. The highest BCUT2D eigenvalue weighted by Gasteiger charge is 2.28. The molecule has 1 heterocycles. The third kappa shape index (κ3) is 6.77. The second-order valence-corrected chi connectivity index (χ2v) is 10.0. The monoisotopic (exact) mass is 474 g/mol. The topological polar surface area (TPSA) is 117 Å². The minimum absolute atomic E-state index is 0.0943. The van der Waals surface area contributed by atoms with Gasteiger partial charge in [0.1, 0.15) is 6.04 Å². The molecule has 0 saturated carbocycles. The van der Waals surface area contributed by atoms with Gasteiger partial charge in [-0.15, -0.1) is 0 Å². The summed E-state index contributed by atoms with van der Waals surface area (Å²) < 4.78 is 32.4. The molecule has 1 atom stereocenters. The maximum absolute atomic E-state index is 12.9. The Morgan fingerprint density at radius 2 is 1.73 bits per heavy atom. The first kappa shape index (κ1) is 24.7. The lowest BCUT2D eigenvalue weighted by molar-refractivity contribution is -0.118. The van der Waals surface area contributed by atoms with E-state index in [0.717, 1.165) is 5.56 Å². The summed E-state index contributed by atoms with van der Waals surface area (Å²) >= 11 is 0. The van der Waals surface area contributed by atoms with Crippen molar-refractivity contribution in [2.24, 2.45) is 5.92 Å². The van der Waals surface area contributed by atoms with Crippen molar-refractivity contribution in [1.82, 2.24) is 14.9 Å². The quantitative estimate of drug-likeness (QED) is 0.542. The summed E-state index contributed by atoms with van der Waals surface area (Å²) in [6, 6.07) is 14.3. The number of hydrogen-bond acceptors (Lipinski definition) is 5. The highest BCUT2D eigenvalue weighted by Crippen LogP contribution is 2.21. The van der Waals surface area contributed by atoms with E-state index in [1.165, 1.54) is 16.4 Å². The zero-order valence-electron chi connectivity index (χ0n) is 18.8. The average molecular weight is 475 g/mol. The number of nitrogens with one attached hydrogen (secondary N) is 3. The predicted octanol–water partition coefficient (Wildman–Crippen LogP) is 2.17. The summed E-state index contributed by atoms with van der Waals surface area (Å²) in [6.07, 6.45) is 0. The molecular formula is C23H30N4O5S. The van der Waals surface area contributed by atoms with Crippen molar-refractivity contribution < 1.29 is 22.7 Å². The van der Waals surface area contributed by atoms with Crippen molar-refractivity contribution in [3.8, 4) is 0 Å². The van der Waals surface area contributed by atoms with Crippen LogP contribution >= 0.6 is 0 Å². The van der Waals surface area contributed by atoms with E-state index in [0.29, 0.717) is 25.4 Å². The van der Waals surface area contributed by atoms with E-state index in [2.05, 4.69) is 16.0 Å². The molecular weight excluding hydrogens is 444 g/mol. The molecule has 0 aliphatic carbocycles. The Labute approximate surface area is 194 Å². The minimum atomic E-state index is -3.69. The number of carbonyl (C=O) groups is 2. The number of anilines is 1. The third-order valence-electron chi connectivity index (χ3n) is 5.24. The van der Waals surface area contributed by atoms with Gasteiger partial charge in [0.2, 0.25) is 15.9 Å². The van der Waals surface area contributed by atoms with Crippen LogP contribution in [0.3, 0.4) is 0 Å². The smallest absolute Gasteiger partial charge is 0.315 e. The minimum Gasteiger partial charge on any atom is -0.379 e. The van der Waals surface area contributed by atoms with E-state index in [9.17, 15) is 18.0 Å². The van der Waals surface area contributed by atoms with Gasteiger partial charge in [-0.2, -0.15) is 4.31 Å². The first-order chi connectivity index (χ1) is 15.8. The van der Waals surface area contributed by atoms with Gasteiger partial charge in [0.15, 0.2) is 0 Å². The van der Waals surface area contributed by atoms with Gasteiger partial charge in [-0.1, -0.05) is 50.2 Å². The Balaban J connectivity index is 1.64. The Morgan fingerprint density at radius 3 is 2.39 bits per heavy atom. The van der Waals surface area contributed by atoms with Gasteiger partial charge in [-0.3, -0.25) is 4.79 Å². The molecule has 0 spiro atoms. The van der Waals surface area contributed by atoms with Crippen LogP contribution in [0, 0.1) is 5.92 Å². The lowest BCUT2D eigenvalue weighted by Crippen LogP contribution is -2.50. The number of urea groups is 1. The van der Waals surface area contributed by atoms with Gasteiger partial charge in [0, 0.05) is 25.3 Å². The summed E-state index contributed by atoms with van der Waals surface area (Å²) in [4.78, 5) is 25.3. The molecule has 1 unspecified atom stereocenters. The van der Waals surface area contributed by atoms with E-state index in [1.54, 1.807) is 12.1 Å². The van der Waals surface area contributed by atoms with Crippen LogP contribution < -0.4 is 16.0 Å². The Bertz CT molecular complexity index is 1050. The lowest BCUT2D eigenvalue weighted by Gasteiger charge is -2.26. The number of hydrogen-bond donors (Lipinski definition) is 3. The van der Waals surface area contributed by atoms with Gasteiger partial charge >= 0.3 is 6.03 Å². The maximum Gasteiger partial charge on any atom is 0.315 e. The lowest BCUT2D eigenvalue weighted by atomic mass is 10.0. The molecule has 9 nitrogen and oxygen atoms in total. The number of sulfonamides is 1. The number of carbonyl (C=O) groups excluding carboxylic acids is 2. The molecule has 10 heteroatoms. The molecule has 3 N–H and O–H groups in total. The highest BCUT2D eigenvalue weighted by atomic mass is 32.2. The SMILES string of the molecule is CC(C)C(NC(=O)NCc1ccccc1)C(=O)Nc1cccc(S(=O)(=O)N2CCOCC2)c1. The summed E-state index contributed by atoms with van der Waals surface area (Å²) in [5, 5.41) is 8.17. The number of benzene rings is 2. The Morgan fingerprint density at radius 1 is 1.03 bits per heavy atom. The molecule has 3 rings (SSSR count). The fourth-order valence-corrected chi connectivity index (χ4v) is 4.85. The number of ether oxygens (including phenoxy) is 1. The van der Waals surface area contributed by atoms with Crippen molar-refractivity contribution >= 4 is 27.6 Å². The molecule has 1 aliphatic rings. The predicted molar refractivity (Wildman–Crippen MR) is 125 cm³/mol. The molecule has 1 saturated heterocycles. The molecule has 2 aromatic carbocycles. The van der Waals surface area contributed by atoms with Crippen LogP contribution in [-0.4, -0.2) is 57.0 Å². The van der Waals surface area contributed by atoms with Crippen LogP contribution in [0.4, 0.5) is 10.5 Å². The van der Waals surface area contributed by atoms with Crippen LogP contribution in [0.5, 0.6) is 0 Å². The third-order valence-corrected chi connectivity index (χ3v) is 7.14. The summed E-state index contributed by atoms with van der Waals surface area (Å²) in [6.45, 7) is 5.25. The van der Waals surface area contributed by atoms with Gasteiger partial charge < -0.3 is 20.7 Å². The van der Waals surface area contributed by atoms with Crippen molar-refractivity contribution in [2.75, 3.05) is 31.6 Å². The molecule has 178 valence electrons. The van der Waals surface area contributed by atoms with Gasteiger partial charge in [-0.05, 0) is 29.7 Å². The standard InChI is InChI=1S/C23H30N4O5S/c1-17(2)21(26-23(29)24-16-18-7-4-3-5-8-18)22(28)25-19-9-6-10-20(15-19)33(30,31)27-11-13-32-14-12-27/h3-10,15,17,21H,11-14,16H2,1-2H3,(H,25,28)(H2,24,26,29). The van der Waals surface area contributed by atoms with E-state index < -0.39 is 28.0 Å². The summed E-state index contributed by atoms with van der Waals surface area (Å²) in [5.41, 5.74) is 1.28. The average Bonchev–Trinajstić information content (AvgIpc) is 2.82. The van der Waals surface area contributed by atoms with E-state index in [4.69, 9.17) is 4.74 Å². The zero-order valence-corrected chi connectivity index (χ0v) is 19.6. The Hall–Kier alpha value is -2.95. The zero-order chi connectivity index (χ0) is 23.8. The molecule has 0 bridgehead atoms. The van der Waals surface area contributed by atoms with Gasteiger partial charge in [0.05, 0.1) is 18.1 Å². The first-order valence-electron chi connectivity index (χ1n) is 10.8. The highest BCUT2D eigenvalue weighted by molar-refractivity contribution is 7.89.